The van der Waals surface area contributed by atoms with Gasteiger partial charge in [-0.15, -0.1) is 0 Å². The average Bonchev–Trinajstić information content (AvgIpc) is 3.38. The molecule has 4 heteroatoms. The predicted molar refractivity (Wildman–Crippen MR) is 129 cm³/mol. The van der Waals surface area contributed by atoms with Gasteiger partial charge in [0, 0.05) is 0 Å². The summed E-state index contributed by atoms with van der Waals surface area (Å²) in [5.41, 5.74) is 3.90. The molecule has 0 unspecified atom stereocenters. The first kappa shape index (κ1) is 22.8. The molecule has 0 spiro atoms. The van der Waals surface area contributed by atoms with Crippen LogP contribution in [0.3, 0.4) is 0 Å². The van der Waals surface area contributed by atoms with Crippen molar-refractivity contribution in [3.63, 3.8) is 0 Å². The smallest absolute Gasteiger partial charge is 0.343 e. The Kier molecular flexibility index (Phi) is 7.23. The van der Waals surface area contributed by atoms with E-state index in [0.717, 1.165) is 36.8 Å². The van der Waals surface area contributed by atoms with Crippen LogP contribution in [0.5, 0.6) is 11.5 Å². The average molecular weight is 443 g/mol. The van der Waals surface area contributed by atoms with E-state index in [2.05, 4.69) is 13.0 Å². The van der Waals surface area contributed by atoms with Gasteiger partial charge in [0.05, 0.1) is 11.1 Å². The highest BCUT2D eigenvalue weighted by Crippen LogP contribution is 2.45. The lowest BCUT2D eigenvalue weighted by atomic mass is 9.89. The van der Waals surface area contributed by atoms with Crippen molar-refractivity contribution in [3.8, 4) is 11.5 Å². The molecule has 4 rings (SSSR count). The second-order valence-electron chi connectivity index (χ2n) is 8.65. The van der Waals surface area contributed by atoms with Gasteiger partial charge in [0.1, 0.15) is 0 Å². The van der Waals surface area contributed by atoms with Crippen LogP contribution >= 0.6 is 0 Å². The molecule has 0 atom stereocenters. The lowest BCUT2D eigenvalue weighted by Crippen LogP contribution is -2.16. The third-order valence-corrected chi connectivity index (χ3v) is 6.32. The van der Waals surface area contributed by atoms with E-state index in [0.29, 0.717) is 28.5 Å². The minimum absolute atomic E-state index is 0.356. The molecular weight excluding hydrogens is 412 g/mol. The predicted octanol–water partition coefficient (Wildman–Crippen LogP) is 7.04. The Morgan fingerprint density at radius 1 is 0.818 bits per heavy atom. The van der Waals surface area contributed by atoms with E-state index in [-0.39, 0.29) is 0 Å². The van der Waals surface area contributed by atoms with Crippen LogP contribution in [0.25, 0.3) is 0 Å². The number of hydrogen-bond donors (Lipinski definition) is 0. The fraction of sp³-hybridized carbons (Fsp3) is 0.310. The highest BCUT2D eigenvalue weighted by Gasteiger charge is 2.27. The number of carbonyl (C=O) groups excluding carboxylic acids is 2. The molecule has 170 valence electrons. The minimum atomic E-state index is -0.460. The molecule has 33 heavy (non-hydrogen) atoms. The summed E-state index contributed by atoms with van der Waals surface area (Å²) in [5.74, 6) is 0.239. The van der Waals surface area contributed by atoms with Crippen LogP contribution < -0.4 is 9.47 Å². The standard InChI is InChI=1S/C29H30O4/c1-3-12-24-19-25(21-13-10-11-14-21)20(2)26(32-28(30)22-15-6-4-7-16-22)27(24)33-29(31)23-17-8-5-9-18-23/h4-9,15-19,21H,3,10-14H2,1-2H3. The maximum Gasteiger partial charge on any atom is 0.343 e. The van der Waals surface area contributed by atoms with Crippen LogP contribution in [-0.2, 0) is 6.42 Å². The number of aryl methyl sites for hydroxylation is 1. The first-order chi connectivity index (χ1) is 16.1. The molecule has 1 aliphatic rings. The third kappa shape index (κ3) is 5.16. The zero-order valence-electron chi connectivity index (χ0n) is 19.3. The molecule has 0 heterocycles. The van der Waals surface area contributed by atoms with E-state index in [1.165, 1.54) is 18.4 Å². The summed E-state index contributed by atoms with van der Waals surface area (Å²) >= 11 is 0. The topological polar surface area (TPSA) is 52.6 Å². The fourth-order valence-electron chi connectivity index (χ4n) is 4.61. The van der Waals surface area contributed by atoms with E-state index < -0.39 is 11.9 Å². The molecule has 0 amide bonds. The summed E-state index contributed by atoms with van der Waals surface area (Å²) in [7, 11) is 0. The largest absolute Gasteiger partial charge is 0.419 e. The molecular formula is C29H30O4. The van der Waals surface area contributed by atoms with E-state index in [1.807, 2.05) is 19.1 Å². The maximum absolute atomic E-state index is 13.0. The summed E-state index contributed by atoms with van der Waals surface area (Å²) in [4.78, 5) is 26.0. The van der Waals surface area contributed by atoms with Crippen molar-refractivity contribution in [3.05, 3.63) is 94.5 Å². The van der Waals surface area contributed by atoms with Gasteiger partial charge in [-0.3, -0.25) is 0 Å². The van der Waals surface area contributed by atoms with Gasteiger partial charge >= 0.3 is 11.9 Å². The lowest BCUT2D eigenvalue weighted by Gasteiger charge is -2.22. The molecule has 4 nitrogen and oxygen atoms in total. The Morgan fingerprint density at radius 2 is 1.33 bits per heavy atom. The summed E-state index contributed by atoms with van der Waals surface area (Å²) in [5, 5.41) is 0. The quantitative estimate of drug-likeness (QED) is 0.291. The van der Waals surface area contributed by atoms with Crippen molar-refractivity contribution in [1.29, 1.82) is 0 Å². The van der Waals surface area contributed by atoms with Crippen molar-refractivity contribution in [2.24, 2.45) is 0 Å². The first-order valence-electron chi connectivity index (χ1n) is 11.8. The molecule has 0 saturated heterocycles. The van der Waals surface area contributed by atoms with Gasteiger partial charge in [0.25, 0.3) is 0 Å². The van der Waals surface area contributed by atoms with E-state index in [9.17, 15) is 9.59 Å². The van der Waals surface area contributed by atoms with E-state index in [1.54, 1.807) is 48.5 Å². The molecule has 0 radical (unpaired) electrons. The first-order valence-corrected chi connectivity index (χ1v) is 11.8. The molecule has 1 fully saturated rings. The molecule has 0 bridgehead atoms. The number of rotatable bonds is 7. The highest BCUT2D eigenvalue weighted by molar-refractivity contribution is 5.93. The Hall–Kier alpha value is -3.40. The van der Waals surface area contributed by atoms with Crippen LogP contribution in [0.2, 0.25) is 0 Å². The van der Waals surface area contributed by atoms with Gasteiger partial charge in [0.15, 0.2) is 11.5 Å². The summed E-state index contributed by atoms with van der Waals surface area (Å²) in [6.07, 6.45) is 6.28. The van der Waals surface area contributed by atoms with Crippen molar-refractivity contribution in [2.75, 3.05) is 0 Å². The van der Waals surface area contributed by atoms with Crippen molar-refractivity contribution >= 4 is 11.9 Å². The van der Waals surface area contributed by atoms with Crippen molar-refractivity contribution < 1.29 is 19.1 Å². The van der Waals surface area contributed by atoms with Gasteiger partial charge in [-0.25, -0.2) is 9.59 Å². The summed E-state index contributed by atoms with van der Waals surface area (Å²) < 4.78 is 11.9. The van der Waals surface area contributed by atoms with Gasteiger partial charge in [0.2, 0.25) is 0 Å². The van der Waals surface area contributed by atoms with Crippen LogP contribution in [0.15, 0.2) is 66.7 Å². The number of esters is 2. The third-order valence-electron chi connectivity index (χ3n) is 6.32. The van der Waals surface area contributed by atoms with Gasteiger partial charge < -0.3 is 9.47 Å². The SMILES string of the molecule is CCCc1cc(C2CCCC2)c(C)c(OC(=O)c2ccccc2)c1OC(=O)c1ccccc1. The van der Waals surface area contributed by atoms with Crippen molar-refractivity contribution in [2.45, 2.75) is 58.3 Å². The molecule has 3 aromatic carbocycles. The minimum Gasteiger partial charge on any atom is -0.419 e. The number of benzene rings is 3. The molecule has 3 aromatic rings. The van der Waals surface area contributed by atoms with Gasteiger partial charge in [-0.1, -0.05) is 68.7 Å². The van der Waals surface area contributed by atoms with Crippen LogP contribution in [0.4, 0.5) is 0 Å². The Balaban J connectivity index is 1.79. The van der Waals surface area contributed by atoms with Gasteiger partial charge in [-0.05, 0) is 73.1 Å². The van der Waals surface area contributed by atoms with Crippen LogP contribution in [-0.4, -0.2) is 11.9 Å². The Labute approximate surface area is 195 Å². The maximum atomic E-state index is 13.0. The molecule has 1 aliphatic carbocycles. The second-order valence-corrected chi connectivity index (χ2v) is 8.65. The number of carbonyl (C=O) groups is 2. The normalized spacial score (nSPS) is 13.6. The Bertz CT molecular complexity index is 1110. The molecule has 0 N–H and O–H groups in total. The lowest BCUT2D eigenvalue weighted by molar-refractivity contribution is 0.0679. The zero-order valence-corrected chi connectivity index (χ0v) is 19.3. The van der Waals surface area contributed by atoms with Crippen molar-refractivity contribution in [1.82, 2.24) is 0 Å². The number of hydrogen-bond acceptors (Lipinski definition) is 4. The summed E-state index contributed by atoms with van der Waals surface area (Å²) in [6, 6.07) is 20.0. The second kappa shape index (κ2) is 10.5. The highest BCUT2D eigenvalue weighted by atomic mass is 16.6. The monoisotopic (exact) mass is 442 g/mol. The van der Waals surface area contributed by atoms with Gasteiger partial charge in [-0.2, -0.15) is 0 Å². The summed E-state index contributed by atoms with van der Waals surface area (Å²) in [6.45, 7) is 4.06. The zero-order chi connectivity index (χ0) is 23.2. The Morgan fingerprint density at radius 3 is 1.85 bits per heavy atom. The molecule has 1 saturated carbocycles. The molecule has 0 aromatic heterocycles. The fourth-order valence-corrected chi connectivity index (χ4v) is 4.61. The van der Waals surface area contributed by atoms with E-state index >= 15 is 0 Å². The number of ether oxygens (including phenoxy) is 2. The van der Waals surface area contributed by atoms with E-state index in [4.69, 9.17) is 9.47 Å². The molecule has 0 aliphatic heterocycles. The van der Waals surface area contributed by atoms with Crippen LogP contribution in [0, 0.1) is 6.92 Å². The van der Waals surface area contributed by atoms with Crippen LogP contribution in [0.1, 0.15) is 82.4 Å².